The maximum Gasteiger partial charge on any atom is 0.348 e. The molecule has 1 aliphatic rings. The number of hydrogen-bond donors (Lipinski definition) is 2. The first kappa shape index (κ1) is 17.6. The number of anilines is 1. The van der Waals surface area contributed by atoms with Gasteiger partial charge in [-0.05, 0) is 55.2 Å². The van der Waals surface area contributed by atoms with Crippen LogP contribution < -0.4 is 10.5 Å². The number of rotatable bonds is 5. The molecule has 3 rings (SSSR count). The number of amides is 1. The number of nitrogens with two attached hydrogens (primary N) is 1. The molecule has 0 radical (unpaired) electrons. The lowest BCUT2D eigenvalue weighted by Crippen LogP contribution is -2.20. The number of primary sulfonamides is 1. The van der Waals surface area contributed by atoms with E-state index in [0.717, 1.165) is 19.3 Å². The summed E-state index contributed by atoms with van der Waals surface area (Å²) in [5, 5.41) is 7.52. The van der Waals surface area contributed by atoms with E-state index in [1.165, 1.54) is 46.0 Å². The number of carbonyl (C=O) groups excluding carboxylic acids is 2. The highest BCUT2D eigenvalue weighted by Crippen LogP contribution is 2.30. The molecule has 0 spiro atoms. The summed E-state index contributed by atoms with van der Waals surface area (Å²) in [5.74, 6) is -1.03. The van der Waals surface area contributed by atoms with Crippen molar-refractivity contribution in [2.45, 2.75) is 24.2 Å². The fourth-order valence-corrected chi connectivity index (χ4v) is 4.22. The molecule has 0 atom stereocenters. The molecule has 2 aromatic rings. The highest BCUT2D eigenvalue weighted by molar-refractivity contribution is 7.89. The van der Waals surface area contributed by atoms with Crippen LogP contribution in [0.5, 0.6) is 0 Å². The van der Waals surface area contributed by atoms with Crippen molar-refractivity contribution in [1.29, 1.82) is 0 Å². The van der Waals surface area contributed by atoms with Crippen LogP contribution in [0.15, 0.2) is 35.2 Å². The van der Waals surface area contributed by atoms with Crippen molar-refractivity contribution in [2.24, 2.45) is 5.14 Å². The third-order valence-electron chi connectivity index (χ3n) is 3.75. The second-order valence-electron chi connectivity index (χ2n) is 5.61. The molecular weight excluding hydrogens is 364 g/mol. The number of ether oxygens (including phenoxy) is 1. The summed E-state index contributed by atoms with van der Waals surface area (Å²) in [6, 6.07) is 7.21. The first-order chi connectivity index (χ1) is 11.8. The Morgan fingerprint density at radius 3 is 2.56 bits per heavy atom. The van der Waals surface area contributed by atoms with E-state index in [1.54, 1.807) is 0 Å². The second-order valence-corrected chi connectivity index (χ2v) is 8.30. The van der Waals surface area contributed by atoms with Crippen molar-refractivity contribution in [3.05, 3.63) is 45.6 Å². The van der Waals surface area contributed by atoms with Crippen molar-refractivity contribution in [2.75, 3.05) is 11.9 Å². The highest BCUT2D eigenvalue weighted by Gasteiger charge is 2.20. The summed E-state index contributed by atoms with van der Waals surface area (Å²) in [6.45, 7) is -0.418. The highest BCUT2D eigenvalue weighted by atomic mass is 32.2. The quantitative estimate of drug-likeness (QED) is 0.766. The number of thiophene rings is 1. The molecular formula is C16H16N2O5S2. The molecule has 0 saturated heterocycles. The lowest BCUT2D eigenvalue weighted by atomic mass is 10.2. The standard InChI is InChI=1S/C16H16N2O5S2/c17-25(21,22)12-6-4-11(5-7-12)18-15(19)9-23-16(20)14-8-10-2-1-3-13(10)24-14/h4-8H,1-3,9H2,(H,18,19)(H2,17,21,22). The van der Waals surface area contributed by atoms with Crippen molar-refractivity contribution in [3.63, 3.8) is 0 Å². The second kappa shape index (κ2) is 6.95. The molecule has 1 heterocycles. The molecule has 1 aromatic carbocycles. The summed E-state index contributed by atoms with van der Waals surface area (Å²) in [4.78, 5) is 25.5. The lowest BCUT2D eigenvalue weighted by Gasteiger charge is -2.06. The van der Waals surface area contributed by atoms with Crippen molar-refractivity contribution in [1.82, 2.24) is 0 Å². The Morgan fingerprint density at radius 2 is 1.92 bits per heavy atom. The predicted octanol–water partition coefficient (Wildman–Crippen LogP) is 1.68. The molecule has 3 N–H and O–H groups in total. The normalized spacial score (nSPS) is 13.3. The van der Waals surface area contributed by atoms with E-state index in [4.69, 9.17) is 9.88 Å². The van der Waals surface area contributed by atoms with Crippen LogP contribution >= 0.6 is 11.3 Å². The molecule has 0 fully saturated rings. The van der Waals surface area contributed by atoms with Gasteiger partial charge in [-0.1, -0.05) is 0 Å². The molecule has 132 valence electrons. The van der Waals surface area contributed by atoms with Crippen molar-refractivity contribution >= 4 is 38.9 Å². The largest absolute Gasteiger partial charge is 0.451 e. The minimum Gasteiger partial charge on any atom is -0.451 e. The molecule has 0 bridgehead atoms. The fourth-order valence-electron chi connectivity index (χ4n) is 2.56. The van der Waals surface area contributed by atoms with E-state index >= 15 is 0 Å². The van der Waals surface area contributed by atoms with Gasteiger partial charge in [-0.2, -0.15) is 0 Å². The Balaban J connectivity index is 1.53. The topological polar surface area (TPSA) is 116 Å². The minimum atomic E-state index is -3.78. The number of nitrogens with one attached hydrogen (secondary N) is 1. The maximum atomic E-state index is 12.0. The Kier molecular flexibility index (Phi) is 4.89. The van der Waals surface area contributed by atoms with Crippen molar-refractivity contribution in [3.8, 4) is 0 Å². The molecule has 25 heavy (non-hydrogen) atoms. The molecule has 1 amide bonds. The van der Waals surface area contributed by atoms with Gasteiger partial charge >= 0.3 is 5.97 Å². The van der Waals surface area contributed by atoms with Gasteiger partial charge in [0.25, 0.3) is 5.91 Å². The van der Waals surface area contributed by atoms with Crippen LogP contribution in [0.1, 0.15) is 26.5 Å². The summed E-state index contributed by atoms with van der Waals surface area (Å²) in [7, 11) is -3.78. The first-order valence-electron chi connectivity index (χ1n) is 7.54. The van der Waals surface area contributed by atoms with E-state index < -0.39 is 28.5 Å². The molecule has 0 saturated carbocycles. The zero-order valence-electron chi connectivity index (χ0n) is 13.2. The smallest absolute Gasteiger partial charge is 0.348 e. The average Bonchev–Trinajstić information content (AvgIpc) is 3.14. The van der Waals surface area contributed by atoms with Gasteiger partial charge in [-0.25, -0.2) is 18.4 Å². The van der Waals surface area contributed by atoms with Crippen LogP contribution in [0, 0.1) is 0 Å². The summed E-state index contributed by atoms with van der Waals surface area (Å²) < 4.78 is 27.3. The van der Waals surface area contributed by atoms with Gasteiger partial charge < -0.3 is 10.1 Å². The average molecular weight is 380 g/mol. The van der Waals surface area contributed by atoms with E-state index in [1.807, 2.05) is 6.07 Å². The van der Waals surface area contributed by atoms with E-state index in [2.05, 4.69) is 5.32 Å². The van der Waals surface area contributed by atoms with Gasteiger partial charge in [0.15, 0.2) is 6.61 Å². The molecule has 0 aliphatic heterocycles. The van der Waals surface area contributed by atoms with E-state index in [9.17, 15) is 18.0 Å². The number of esters is 1. The Labute approximate surface area is 148 Å². The Hall–Kier alpha value is -2.23. The van der Waals surface area contributed by atoms with Crippen LogP contribution in [0.3, 0.4) is 0 Å². The number of sulfonamides is 1. The monoisotopic (exact) mass is 380 g/mol. The van der Waals surface area contributed by atoms with Gasteiger partial charge in [0.1, 0.15) is 4.88 Å². The molecule has 1 aliphatic carbocycles. The Morgan fingerprint density at radius 1 is 1.20 bits per heavy atom. The van der Waals surface area contributed by atoms with Gasteiger partial charge in [-0.15, -0.1) is 11.3 Å². The predicted molar refractivity (Wildman–Crippen MR) is 93.1 cm³/mol. The first-order valence-corrected chi connectivity index (χ1v) is 9.90. The van der Waals surface area contributed by atoms with Crippen LogP contribution in [-0.4, -0.2) is 26.9 Å². The lowest BCUT2D eigenvalue weighted by molar-refractivity contribution is -0.119. The summed E-state index contributed by atoms with van der Waals surface area (Å²) in [5.41, 5.74) is 1.57. The zero-order chi connectivity index (χ0) is 18.0. The van der Waals surface area contributed by atoms with Gasteiger partial charge in [0.05, 0.1) is 4.90 Å². The third kappa shape index (κ3) is 4.25. The fraction of sp³-hybridized carbons (Fsp3) is 0.250. The van der Waals surface area contributed by atoms with E-state index in [0.29, 0.717) is 10.6 Å². The van der Waals surface area contributed by atoms with Crippen LogP contribution in [0.25, 0.3) is 0 Å². The van der Waals surface area contributed by atoms with Gasteiger partial charge in [0.2, 0.25) is 10.0 Å². The third-order valence-corrected chi connectivity index (χ3v) is 5.90. The molecule has 1 aromatic heterocycles. The number of fused-ring (bicyclic) bond motifs is 1. The van der Waals surface area contributed by atoms with Crippen LogP contribution in [-0.2, 0) is 32.4 Å². The number of hydrogen-bond acceptors (Lipinski definition) is 6. The number of aryl methyl sites for hydroxylation is 2. The van der Waals surface area contributed by atoms with Crippen LogP contribution in [0.2, 0.25) is 0 Å². The number of carbonyl (C=O) groups is 2. The minimum absolute atomic E-state index is 0.0531. The molecule has 0 unspecified atom stereocenters. The van der Waals surface area contributed by atoms with Crippen LogP contribution in [0.4, 0.5) is 5.69 Å². The Bertz CT molecular complexity index is 895. The van der Waals surface area contributed by atoms with Crippen molar-refractivity contribution < 1.29 is 22.7 Å². The maximum absolute atomic E-state index is 12.0. The number of benzene rings is 1. The van der Waals surface area contributed by atoms with E-state index in [-0.39, 0.29) is 4.90 Å². The molecule has 9 heteroatoms. The SMILES string of the molecule is NS(=O)(=O)c1ccc(NC(=O)COC(=O)c2cc3c(s2)CCC3)cc1. The van der Waals surface area contributed by atoms with Gasteiger partial charge in [0, 0.05) is 10.6 Å². The van der Waals surface area contributed by atoms with Gasteiger partial charge in [-0.3, -0.25) is 4.79 Å². The zero-order valence-corrected chi connectivity index (χ0v) is 14.8. The summed E-state index contributed by atoms with van der Waals surface area (Å²) >= 11 is 1.41. The molecule has 7 nitrogen and oxygen atoms in total. The summed E-state index contributed by atoms with van der Waals surface area (Å²) in [6.07, 6.45) is 3.08.